The molecule has 1 saturated carbocycles. The summed E-state index contributed by atoms with van der Waals surface area (Å²) >= 11 is 0. The van der Waals surface area contributed by atoms with Crippen LogP contribution < -0.4 is 4.74 Å². The van der Waals surface area contributed by atoms with Crippen LogP contribution in [0.4, 0.5) is 13.2 Å². The van der Waals surface area contributed by atoms with Gasteiger partial charge in [0.05, 0.1) is 35.5 Å². The summed E-state index contributed by atoms with van der Waals surface area (Å²) in [5.74, 6) is 0.768. The quantitative estimate of drug-likeness (QED) is 0.227. The van der Waals surface area contributed by atoms with Crippen molar-refractivity contribution in [3.05, 3.63) is 65.5 Å². The molecule has 2 atom stereocenters. The first-order valence-electron chi connectivity index (χ1n) is 15.9. The zero-order chi connectivity index (χ0) is 32.1. The van der Waals surface area contributed by atoms with E-state index >= 15 is 4.39 Å². The van der Waals surface area contributed by atoms with Crippen molar-refractivity contribution in [2.24, 2.45) is 0 Å². The number of alkyl halides is 1. The van der Waals surface area contributed by atoms with Crippen LogP contribution in [0.3, 0.4) is 0 Å². The lowest BCUT2D eigenvalue weighted by Gasteiger charge is -2.31. The Balaban J connectivity index is 1.23. The fourth-order valence-corrected chi connectivity index (χ4v) is 7.92. The Hall–Kier alpha value is -4.66. The highest BCUT2D eigenvalue weighted by Crippen LogP contribution is 2.47. The van der Waals surface area contributed by atoms with Crippen molar-refractivity contribution in [3.8, 4) is 46.7 Å². The highest BCUT2D eigenvalue weighted by Gasteiger charge is 2.50. The third-order valence-corrected chi connectivity index (χ3v) is 10.4. The number of pyridine rings is 1. The number of phenols is 1. The number of hydrogen-bond acceptors (Lipinski definition) is 7. The van der Waals surface area contributed by atoms with Gasteiger partial charge in [-0.3, -0.25) is 9.88 Å². The Morgan fingerprint density at radius 3 is 2.81 bits per heavy atom. The molecule has 1 aliphatic carbocycles. The molecule has 0 amide bonds. The third kappa shape index (κ3) is 4.42. The lowest BCUT2D eigenvalue weighted by molar-refractivity contribution is -0.0152. The Bertz CT molecular complexity index is 2170. The molecule has 5 aromatic rings. The molecule has 0 unspecified atom stereocenters. The molecular formula is C36H30F3N5O3. The number of ether oxygens (including phenoxy) is 2. The van der Waals surface area contributed by atoms with E-state index in [4.69, 9.17) is 20.9 Å². The summed E-state index contributed by atoms with van der Waals surface area (Å²) in [6.07, 6.45) is 10.3. The monoisotopic (exact) mass is 637 g/mol. The molecule has 1 N–H and O–H groups in total. The highest BCUT2D eigenvalue weighted by atomic mass is 19.1. The minimum atomic E-state index is -0.933. The van der Waals surface area contributed by atoms with Gasteiger partial charge in [0, 0.05) is 41.2 Å². The number of rotatable bonds is 5. The molecule has 0 radical (unpaired) electrons. The van der Waals surface area contributed by atoms with Gasteiger partial charge in [0.2, 0.25) is 0 Å². The first-order valence-corrected chi connectivity index (χ1v) is 15.9. The van der Waals surface area contributed by atoms with Crippen molar-refractivity contribution in [3.63, 3.8) is 0 Å². The van der Waals surface area contributed by atoms with Gasteiger partial charge in [0.15, 0.2) is 5.82 Å². The lowest BCUT2D eigenvalue weighted by atomic mass is 9.95. The third-order valence-electron chi connectivity index (χ3n) is 10.4. The van der Waals surface area contributed by atoms with Gasteiger partial charge in [-0.15, -0.1) is 6.42 Å². The van der Waals surface area contributed by atoms with E-state index in [-0.39, 0.29) is 51.7 Å². The maximum atomic E-state index is 16.9. The van der Waals surface area contributed by atoms with Crippen LogP contribution in [0, 0.1) is 24.0 Å². The van der Waals surface area contributed by atoms with Gasteiger partial charge < -0.3 is 19.1 Å². The van der Waals surface area contributed by atoms with E-state index in [0.717, 1.165) is 43.6 Å². The zero-order valence-electron chi connectivity index (χ0n) is 25.4. The van der Waals surface area contributed by atoms with Crippen LogP contribution in [0.15, 0.2) is 42.6 Å². The van der Waals surface area contributed by atoms with Crippen molar-refractivity contribution in [1.82, 2.24) is 24.4 Å². The summed E-state index contributed by atoms with van der Waals surface area (Å²) in [4.78, 5) is 16.0. The van der Waals surface area contributed by atoms with Crippen LogP contribution in [0.1, 0.15) is 43.4 Å². The second-order valence-corrected chi connectivity index (χ2v) is 13.3. The molecule has 47 heavy (non-hydrogen) atoms. The second kappa shape index (κ2) is 10.2. The van der Waals surface area contributed by atoms with E-state index in [1.807, 2.05) is 12.1 Å². The molecule has 9 rings (SSSR count). The predicted molar refractivity (Wildman–Crippen MR) is 169 cm³/mol. The number of terminal acetylenes is 1. The highest BCUT2D eigenvalue weighted by molar-refractivity contribution is 6.03. The molecule has 2 saturated heterocycles. The molecular weight excluding hydrogens is 607 g/mol. The SMILES string of the molecule is C#Cc1c(F)ccc2cc(O)cc(-c3ncc4c(-c5ccc6n5CC5(CC5)OC6)nc(OC[C@@]56CCCN5C[C@H](F)C6)nc4c3F)c12. The Labute approximate surface area is 268 Å². The van der Waals surface area contributed by atoms with Gasteiger partial charge in [-0.1, -0.05) is 12.0 Å². The molecule has 8 nitrogen and oxygen atoms in total. The number of nitrogens with zero attached hydrogens (tertiary/aromatic N) is 5. The molecule has 0 bridgehead atoms. The van der Waals surface area contributed by atoms with Crippen molar-refractivity contribution >= 4 is 21.7 Å². The number of aromatic hydroxyl groups is 1. The molecule has 3 fully saturated rings. The molecule has 1 spiro atoms. The van der Waals surface area contributed by atoms with E-state index < -0.39 is 23.3 Å². The maximum absolute atomic E-state index is 16.9. The minimum absolute atomic E-state index is 0.0352. The number of fused-ring (bicyclic) bond motifs is 4. The van der Waals surface area contributed by atoms with E-state index in [0.29, 0.717) is 42.6 Å². The average Bonchev–Trinajstić information content (AvgIpc) is 3.34. The minimum Gasteiger partial charge on any atom is -0.508 e. The van der Waals surface area contributed by atoms with Crippen molar-refractivity contribution < 1.29 is 27.8 Å². The van der Waals surface area contributed by atoms with Gasteiger partial charge >= 0.3 is 6.01 Å². The van der Waals surface area contributed by atoms with E-state index in [2.05, 4.69) is 25.4 Å². The number of phenolic OH excluding ortho intramolecular Hbond substituents is 1. The number of hydrogen-bond donors (Lipinski definition) is 1. The molecule has 3 aromatic heterocycles. The standard InChI is InChI=1S/C36H30F3N5O3/c1-2-24-27(38)6-4-20-12-23(45)13-25(29(20)24)32-30(39)33-26(15-40-32)31(28-7-5-22-17-47-36(9-10-36)18-44(22)28)41-34(42-33)46-19-35-8-3-11-43(35)16-21(37)14-35/h1,4-7,12-13,15,21,45H,3,8-11,14,16-19H2/t21-,35+/m1/s1. The zero-order valence-corrected chi connectivity index (χ0v) is 25.4. The molecule has 238 valence electrons. The fraction of sp³-hybridized carbons (Fsp3) is 0.361. The van der Waals surface area contributed by atoms with E-state index in [1.165, 1.54) is 30.5 Å². The van der Waals surface area contributed by atoms with Crippen LogP contribution in [-0.4, -0.2) is 66.5 Å². The molecule has 3 aliphatic heterocycles. The molecule has 11 heteroatoms. The number of aromatic nitrogens is 4. The Morgan fingerprint density at radius 1 is 1.11 bits per heavy atom. The van der Waals surface area contributed by atoms with Crippen LogP contribution in [0.5, 0.6) is 11.8 Å². The first kappa shape index (κ1) is 28.6. The van der Waals surface area contributed by atoms with Gasteiger partial charge in [-0.2, -0.15) is 9.97 Å². The summed E-state index contributed by atoms with van der Waals surface area (Å²) in [5, 5.41) is 11.6. The van der Waals surface area contributed by atoms with Gasteiger partial charge in [-0.25, -0.2) is 13.2 Å². The fourth-order valence-electron chi connectivity index (χ4n) is 7.92. The number of benzene rings is 2. The molecule has 4 aliphatic rings. The predicted octanol–water partition coefficient (Wildman–Crippen LogP) is 6.30. The lowest BCUT2D eigenvalue weighted by Crippen LogP contribution is -2.43. The van der Waals surface area contributed by atoms with E-state index in [9.17, 15) is 13.9 Å². The van der Waals surface area contributed by atoms with Crippen molar-refractivity contribution in [2.75, 3.05) is 19.7 Å². The van der Waals surface area contributed by atoms with Gasteiger partial charge in [0.25, 0.3) is 0 Å². The topological polar surface area (TPSA) is 85.5 Å². The summed E-state index contributed by atoms with van der Waals surface area (Å²) < 4.78 is 60.8. The average molecular weight is 638 g/mol. The summed E-state index contributed by atoms with van der Waals surface area (Å²) in [6, 6.07) is 9.32. The molecule has 6 heterocycles. The van der Waals surface area contributed by atoms with Crippen LogP contribution in [-0.2, 0) is 17.9 Å². The van der Waals surface area contributed by atoms with Crippen molar-refractivity contribution in [1.29, 1.82) is 0 Å². The van der Waals surface area contributed by atoms with E-state index in [1.54, 1.807) is 0 Å². The summed E-state index contributed by atoms with van der Waals surface area (Å²) in [5.41, 5.74) is 1.38. The van der Waals surface area contributed by atoms with Crippen LogP contribution >= 0.6 is 0 Å². The normalized spacial score (nSPS) is 22.9. The van der Waals surface area contributed by atoms with Gasteiger partial charge in [-0.05, 0) is 67.9 Å². The van der Waals surface area contributed by atoms with Crippen molar-refractivity contribution in [2.45, 2.75) is 62.6 Å². The molecule has 2 aromatic carbocycles. The largest absolute Gasteiger partial charge is 0.508 e. The smallest absolute Gasteiger partial charge is 0.317 e. The Morgan fingerprint density at radius 2 is 1.98 bits per heavy atom. The van der Waals surface area contributed by atoms with Crippen LogP contribution in [0.2, 0.25) is 0 Å². The van der Waals surface area contributed by atoms with Gasteiger partial charge in [0.1, 0.15) is 41.2 Å². The maximum Gasteiger partial charge on any atom is 0.317 e. The Kier molecular flexibility index (Phi) is 6.18. The number of halogens is 3. The second-order valence-electron chi connectivity index (χ2n) is 13.3. The van der Waals surface area contributed by atoms with Crippen LogP contribution in [0.25, 0.3) is 44.3 Å². The summed E-state index contributed by atoms with van der Waals surface area (Å²) in [7, 11) is 0. The first-order chi connectivity index (χ1) is 22.8. The summed E-state index contributed by atoms with van der Waals surface area (Å²) in [6.45, 7) is 2.45.